The molecule has 112 valence electrons. The van der Waals surface area contributed by atoms with Crippen LogP contribution in [0.15, 0.2) is 24.3 Å². The van der Waals surface area contributed by atoms with Crippen molar-refractivity contribution in [2.75, 3.05) is 33.4 Å². The molecule has 0 radical (unpaired) electrons. The molecule has 1 heterocycles. The molecule has 0 aromatic heterocycles. The molecule has 0 bridgehead atoms. The quantitative estimate of drug-likeness (QED) is 0.749. The molecule has 4 heteroatoms. The van der Waals surface area contributed by atoms with Gasteiger partial charge in [0.05, 0.1) is 6.61 Å². The third-order valence-electron chi connectivity index (χ3n) is 3.93. The van der Waals surface area contributed by atoms with E-state index in [1.807, 2.05) is 12.1 Å². The standard InChI is InChI=1S/C16H26N2O2/c1-20-11-9-17-12-15-4-2-3-10-18(15)13-14-5-7-16(19)8-6-14/h5-8,15,17,19H,2-4,9-13H2,1H3. The number of phenols is 1. The van der Waals surface area contributed by atoms with Crippen LogP contribution in [0.5, 0.6) is 5.75 Å². The number of rotatable bonds is 7. The fraction of sp³-hybridized carbons (Fsp3) is 0.625. The number of likely N-dealkylation sites (tertiary alicyclic amines) is 1. The first-order valence-electron chi connectivity index (χ1n) is 7.51. The summed E-state index contributed by atoms with van der Waals surface area (Å²) in [4.78, 5) is 2.55. The molecule has 1 aromatic carbocycles. The summed E-state index contributed by atoms with van der Waals surface area (Å²) in [5.41, 5.74) is 1.27. The number of methoxy groups -OCH3 is 1. The summed E-state index contributed by atoms with van der Waals surface area (Å²) in [5, 5.41) is 12.8. The highest BCUT2D eigenvalue weighted by atomic mass is 16.5. The van der Waals surface area contributed by atoms with Crippen LogP contribution < -0.4 is 5.32 Å². The Kier molecular flexibility index (Phi) is 6.30. The molecule has 1 unspecified atom stereocenters. The maximum atomic E-state index is 9.35. The van der Waals surface area contributed by atoms with Crippen molar-refractivity contribution in [3.63, 3.8) is 0 Å². The third-order valence-corrected chi connectivity index (χ3v) is 3.93. The van der Waals surface area contributed by atoms with Crippen LogP contribution in [0.4, 0.5) is 0 Å². The van der Waals surface area contributed by atoms with Crippen LogP contribution in [0.25, 0.3) is 0 Å². The van der Waals surface area contributed by atoms with E-state index in [9.17, 15) is 5.11 Å². The Morgan fingerprint density at radius 1 is 1.30 bits per heavy atom. The smallest absolute Gasteiger partial charge is 0.115 e. The number of aromatic hydroxyl groups is 1. The second-order valence-corrected chi connectivity index (χ2v) is 5.48. The van der Waals surface area contributed by atoms with Crippen molar-refractivity contribution in [3.05, 3.63) is 29.8 Å². The molecular formula is C16H26N2O2. The van der Waals surface area contributed by atoms with E-state index < -0.39 is 0 Å². The summed E-state index contributed by atoms with van der Waals surface area (Å²) < 4.78 is 5.07. The lowest BCUT2D eigenvalue weighted by Gasteiger charge is -2.36. The molecule has 0 amide bonds. The number of hydrogen-bond donors (Lipinski definition) is 2. The van der Waals surface area contributed by atoms with Crippen LogP contribution in [0.3, 0.4) is 0 Å². The largest absolute Gasteiger partial charge is 0.508 e. The Morgan fingerprint density at radius 2 is 2.10 bits per heavy atom. The lowest BCUT2D eigenvalue weighted by atomic mass is 10.0. The van der Waals surface area contributed by atoms with E-state index in [0.717, 1.165) is 32.8 Å². The van der Waals surface area contributed by atoms with Crippen molar-refractivity contribution in [2.45, 2.75) is 31.8 Å². The van der Waals surface area contributed by atoms with E-state index in [2.05, 4.69) is 10.2 Å². The second-order valence-electron chi connectivity index (χ2n) is 5.48. The average Bonchev–Trinajstić information content (AvgIpc) is 2.47. The minimum atomic E-state index is 0.338. The lowest BCUT2D eigenvalue weighted by Crippen LogP contribution is -2.45. The maximum Gasteiger partial charge on any atom is 0.115 e. The predicted molar refractivity (Wildman–Crippen MR) is 80.9 cm³/mol. The van der Waals surface area contributed by atoms with Gasteiger partial charge in [0.25, 0.3) is 0 Å². The van der Waals surface area contributed by atoms with Crippen molar-refractivity contribution in [1.82, 2.24) is 10.2 Å². The molecule has 1 atom stereocenters. The fourth-order valence-corrected chi connectivity index (χ4v) is 2.78. The minimum absolute atomic E-state index is 0.338. The Hall–Kier alpha value is -1.10. The van der Waals surface area contributed by atoms with E-state index >= 15 is 0 Å². The molecule has 0 spiro atoms. The van der Waals surface area contributed by atoms with Gasteiger partial charge in [-0.25, -0.2) is 0 Å². The first-order valence-corrected chi connectivity index (χ1v) is 7.51. The third kappa shape index (κ3) is 4.78. The molecule has 1 aliphatic rings. The molecule has 1 saturated heterocycles. The molecule has 2 N–H and O–H groups in total. The van der Waals surface area contributed by atoms with Crippen LogP contribution >= 0.6 is 0 Å². The van der Waals surface area contributed by atoms with Gasteiger partial charge in [-0.2, -0.15) is 0 Å². The van der Waals surface area contributed by atoms with Gasteiger partial charge in [-0.3, -0.25) is 4.90 Å². The van der Waals surface area contributed by atoms with E-state index in [0.29, 0.717) is 11.8 Å². The SMILES string of the molecule is COCCNCC1CCCCN1Cc1ccc(O)cc1. The van der Waals surface area contributed by atoms with Crippen molar-refractivity contribution >= 4 is 0 Å². The number of nitrogens with one attached hydrogen (secondary N) is 1. The lowest BCUT2D eigenvalue weighted by molar-refractivity contribution is 0.133. The summed E-state index contributed by atoms with van der Waals surface area (Å²) in [5.74, 6) is 0.338. The summed E-state index contributed by atoms with van der Waals surface area (Å²) >= 11 is 0. The Labute approximate surface area is 121 Å². The van der Waals surface area contributed by atoms with Gasteiger partial charge in [-0.15, -0.1) is 0 Å². The zero-order valence-electron chi connectivity index (χ0n) is 12.3. The second kappa shape index (κ2) is 8.25. The highest BCUT2D eigenvalue weighted by molar-refractivity contribution is 5.25. The van der Waals surface area contributed by atoms with Crippen LogP contribution in [-0.4, -0.2) is 49.4 Å². The molecular weight excluding hydrogens is 252 g/mol. The number of phenolic OH excluding ortho intramolecular Hbond substituents is 1. The first-order chi connectivity index (χ1) is 9.79. The van der Waals surface area contributed by atoms with Crippen LogP contribution in [0.1, 0.15) is 24.8 Å². The Morgan fingerprint density at radius 3 is 2.85 bits per heavy atom. The molecule has 2 rings (SSSR count). The van der Waals surface area contributed by atoms with Crippen molar-refractivity contribution in [3.8, 4) is 5.75 Å². The predicted octanol–water partition coefficient (Wildman–Crippen LogP) is 1.98. The van der Waals surface area contributed by atoms with Gasteiger partial charge in [0.2, 0.25) is 0 Å². The van der Waals surface area contributed by atoms with Crippen molar-refractivity contribution < 1.29 is 9.84 Å². The molecule has 1 fully saturated rings. The average molecular weight is 278 g/mol. The van der Waals surface area contributed by atoms with Gasteiger partial charge in [-0.1, -0.05) is 18.6 Å². The number of hydrogen-bond acceptors (Lipinski definition) is 4. The van der Waals surface area contributed by atoms with E-state index in [-0.39, 0.29) is 0 Å². The number of ether oxygens (including phenoxy) is 1. The zero-order valence-corrected chi connectivity index (χ0v) is 12.3. The summed E-state index contributed by atoms with van der Waals surface area (Å²) in [6.45, 7) is 4.85. The zero-order chi connectivity index (χ0) is 14.2. The summed E-state index contributed by atoms with van der Waals surface area (Å²) in [7, 11) is 1.74. The van der Waals surface area contributed by atoms with Crippen molar-refractivity contribution in [2.24, 2.45) is 0 Å². The maximum absolute atomic E-state index is 9.35. The highest BCUT2D eigenvalue weighted by Crippen LogP contribution is 2.20. The van der Waals surface area contributed by atoms with Crippen LogP contribution in [0.2, 0.25) is 0 Å². The van der Waals surface area contributed by atoms with Crippen LogP contribution in [0, 0.1) is 0 Å². The monoisotopic (exact) mass is 278 g/mol. The van der Waals surface area contributed by atoms with E-state index in [1.54, 1.807) is 19.2 Å². The molecule has 0 aliphatic carbocycles. The number of benzene rings is 1. The van der Waals surface area contributed by atoms with Crippen molar-refractivity contribution in [1.29, 1.82) is 0 Å². The Balaban J connectivity index is 1.84. The van der Waals surface area contributed by atoms with Gasteiger partial charge in [0, 0.05) is 32.8 Å². The van der Waals surface area contributed by atoms with Gasteiger partial charge >= 0.3 is 0 Å². The van der Waals surface area contributed by atoms with Gasteiger partial charge in [0.15, 0.2) is 0 Å². The number of piperidine rings is 1. The topological polar surface area (TPSA) is 44.7 Å². The van der Waals surface area contributed by atoms with Gasteiger partial charge < -0.3 is 15.2 Å². The molecule has 0 saturated carbocycles. The highest BCUT2D eigenvalue weighted by Gasteiger charge is 2.21. The summed E-state index contributed by atoms with van der Waals surface area (Å²) in [6.07, 6.45) is 3.87. The first kappa shape index (κ1) is 15.3. The van der Waals surface area contributed by atoms with E-state index in [4.69, 9.17) is 4.74 Å². The summed E-state index contributed by atoms with van der Waals surface area (Å²) in [6, 6.07) is 8.17. The van der Waals surface area contributed by atoms with Gasteiger partial charge in [-0.05, 0) is 37.1 Å². The Bertz CT molecular complexity index is 381. The van der Waals surface area contributed by atoms with Gasteiger partial charge in [0.1, 0.15) is 5.75 Å². The fourth-order valence-electron chi connectivity index (χ4n) is 2.78. The van der Waals surface area contributed by atoms with Crippen LogP contribution in [-0.2, 0) is 11.3 Å². The van der Waals surface area contributed by atoms with E-state index in [1.165, 1.54) is 24.8 Å². The molecule has 4 nitrogen and oxygen atoms in total. The molecule has 20 heavy (non-hydrogen) atoms. The normalized spacial score (nSPS) is 20.1. The number of nitrogens with zero attached hydrogens (tertiary/aromatic N) is 1. The molecule has 1 aliphatic heterocycles. The molecule has 1 aromatic rings. The minimum Gasteiger partial charge on any atom is -0.508 e.